The zero-order valence-electron chi connectivity index (χ0n) is 20.2. The number of carbonyl (C=O) groups is 1. The van der Waals surface area contributed by atoms with E-state index in [-0.39, 0.29) is 42.1 Å². The number of aryl methyl sites for hydroxylation is 1. The maximum atomic E-state index is 13.7. The van der Waals surface area contributed by atoms with Gasteiger partial charge in [-0.25, -0.2) is 9.97 Å². The van der Waals surface area contributed by atoms with Crippen molar-refractivity contribution in [2.45, 2.75) is 44.3 Å². The van der Waals surface area contributed by atoms with Gasteiger partial charge in [0.25, 0.3) is 5.56 Å². The second kappa shape index (κ2) is 7.95. The minimum absolute atomic E-state index is 0.0320. The number of carbonyl (C=O) groups excluding carboxylic acids is 1. The molecule has 7 rings (SSSR count). The Morgan fingerprint density at radius 2 is 2.19 bits per heavy atom. The summed E-state index contributed by atoms with van der Waals surface area (Å²) in [6, 6.07) is 6.15. The van der Waals surface area contributed by atoms with E-state index in [1.54, 1.807) is 6.20 Å². The van der Waals surface area contributed by atoms with Crippen molar-refractivity contribution in [1.82, 2.24) is 30.0 Å². The lowest BCUT2D eigenvalue weighted by molar-refractivity contribution is -0.126. The van der Waals surface area contributed by atoms with Gasteiger partial charge >= 0.3 is 0 Å². The summed E-state index contributed by atoms with van der Waals surface area (Å²) in [5.74, 6) is -0.0645. The number of H-pyrrole nitrogens is 1. The molecular weight excluding hydrogens is 474 g/mol. The molecule has 1 saturated heterocycles. The standard InChI is InChI=1S/C26H25N7O4/c1-13-17(14-8-15-10-30-32-23(15)28-9-14)4-5-18-21(13)33(16-2-3-16)24(34)20-22(18)37-19(31-20)11-29-25(35)26(27)6-7-36-12-26/h4-5,8-10,16H,2-3,6-7,11-12,27H2,1H3,(H,29,35)(H,28,30,32). The Hall–Kier alpha value is -4.09. The Kier molecular flexibility index (Phi) is 4.76. The number of hydrogen-bond acceptors (Lipinski definition) is 8. The van der Waals surface area contributed by atoms with E-state index < -0.39 is 5.54 Å². The van der Waals surface area contributed by atoms with Crippen LogP contribution in [0, 0.1) is 6.92 Å². The highest BCUT2D eigenvalue weighted by atomic mass is 16.5. The molecule has 4 N–H and O–H groups in total. The number of nitrogens with two attached hydrogens (primary N) is 1. The fourth-order valence-electron chi connectivity index (χ4n) is 5.25. The molecule has 0 radical (unpaired) electrons. The average molecular weight is 500 g/mol. The minimum atomic E-state index is -1.06. The van der Waals surface area contributed by atoms with Gasteiger partial charge in [-0.1, -0.05) is 6.07 Å². The van der Waals surface area contributed by atoms with E-state index >= 15 is 0 Å². The van der Waals surface area contributed by atoms with Crippen LogP contribution in [-0.2, 0) is 16.1 Å². The molecule has 1 amide bonds. The van der Waals surface area contributed by atoms with Crippen molar-refractivity contribution in [3.8, 4) is 11.1 Å². The topological polar surface area (TPSA) is 154 Å². The van der Waals surface area contributed by atoms with Gasteiger partial charge in [-0.3, -0.25) is 14.7 Å². The average Bonchev–Trinajstić information content (AvgIpc) is 3.27. The summed E-state index contributed by atoms with van der Waals surface area (Å²) in [7, 11) is 0. The molecule has 0 spiro atoms. The second-order valence-corrected chi connectivity index (χ2v) is 10.00. The summed E-state index contributed by atoms with van der Waals surface area (Å²) < 4.78 is 13.2. The van der Waals surface area contributed by atoms with Crippen LogP contribution in [0.2, 0.25) is 0 Å². The van der Waals surface area contributed by atoms with E-state index in [1.807, 2.05) is 35.9 Å². The Labute approximate surface area is 210 Å². The molecule has 2 aliphatic rings. The third-order valence-corrected chi connectivity index (χ3v) is 7.43. The summed E-state index contributed by atoms with van der Waals surface area (Å²) in [6.07, 6.45) is 5.88. The van der Waals surface area contributed by atoms with Gasteiger partial charge < -0.3 is 24.8 Å². The number of nitrogens with one attached hydrogen (secondary N) is 2. The Balaban J connectivity index is 1.34. The second-order valence-electron chi connectivity index (χ2n) is 10.00. The highest BCUT2D eigenvalue weighted by molar-refractivity contribution is 6.04. The zero-order chi connectivity index (χ0) is 25.3. The first-order valence-electron chi connectivity index (χ1n) is 12.3. The molecule has 1 aliphatic heterocycles. The molecule has 11 heteroatoms. The molecule has 37 heavy (non-hydrogen) atoms. The lowest BCUT2D eigenvalue weighted by Crippen LogP contribution is -2.54. The maximum absolute atomic E-state index is 13.7. The fraction of sp³-hybridized carbons (Fsp3) is 0.346. The third kappa shape index (κ3) is 3.45. The molecule has 11 nitrogen and oxygen atoms in total. The van der Waals surface area contributed by atoms with Gasteiger partial charge in [0.15, 0.2) is 16.7 Å². The number of oxazole rings is 1. The van der Waals surface area contributed by atoms with Crippen molar-refractivity contribution in [3.05, 3.63) is 52.4 Å². The normalized spacial score (nSPS) is 19.8. The van der Waals surface area contributed by atoms with Crippen LogP contribution < -0.4 is 16.6 Å². The Morgan fingerprint density at radius 1 is 1.32 bits per heavy atom. The van der Waals surface area contributed by atoms with Crippen molar-refractivity contribution in [2.24, 2.45) is 5.73 Å². The largest absolute Gasteiger partial charge is 0.438 e. The lowest BCUT2D eigenvalue weighted by Gasteiger charge is -2.19. The minimum Gasteiger partial charge on any atom is -0.438 e. The predicted molar refractivity (Wildman–Crippen MR) is 136 cm³/mol. The zero-order valence-corrected chi connectivity index (χ0v) is 20.2. The highest BCUT2D eigenvalue weighted by Crippen LogP contribution is 2.40. The lowest BCUT2D eigenvalue weighted by atomic mass is 9.97. The number of pyridine rings is 2. The van der Waals surface area contributed by atoms with Crippen LogP contribution in [0.5, 0.6) is 0 Å². The molecule has 1 aliphatic carbocycles. The molecule has 4 aromatic heterocycles. The Morgan fingerprint density at radius 3 is 2.97 bits per heavy atom. The number of fused-ring (bicyclic) bond motifs is 4. The first-order chi connectivity index (χ1) is 17.9. The maximum Gasteiger partial charge on any atom is 0.281 e. The number of rotatable bonds is 5. The summed E-state index contributed by atoms with van der Waals surface area (Å²) in [5, 5.41) is 11.5. The molecule has 1 aromatic carbocycles. The molecule has 188 valence electrons. The van der Waals surface area contributed by atoms with Crippen LogP contribution in [0.15, 0.2) is 39.8 Å². The number of aromatic amines is 1. The summed E-state index contributed by atoms with van der Waals surface area (Å²) >= 11 is 0. The first-order valence-corrected chi connectivity index (χ1v) is 12.3. The van der Waals surface area contributed by atoms with E-state index in [2.05, 4.69) is 25.5 Å². The number of ether oxygens (including phenoxy) is 1. The monoisotopic (exact) mass is 499 g/mol. The predicted octanol–water partition coefficient (Wildman–Crippen LogP) is 2.46. The molecule has 1 atom stereocenters. The molecule has 2 fully saturated rings. The van der Waals surface area contributed by atoms with E-state index in [4.69, 9.17) is 14.9 Å². The van der Waals surface area contributed by atoms with Crippen LogP contribution in [0.3, 0.4) is 0 Å². The van der Waals surface area contributed by atoms with Crippen molar-refractivity contribution in [2.75, 3.05) is 13.2 Å². The quantitative estimate of drug-likeness (QED) is 0.333. The number of hydrogen-bond donors (Lipinski definition) is 3. The van der Waals surface area contributed by atoms with Gasteiger partial charge in [-0.15, -0.1) is 0 Å². The van der Waals surface area contributed by atoms with E-state index in [0.717, 1.165) is 51.5 Å². The molecule has 5 aromatic rings. The number of aromatic nitrogens is 5. The molecule has 1 unspecified atom stereocenters. The molecule has 5 heterocycles. The van der Waals surface area contributed by atoms with Gasteiger partial charge in [-0.2, -0.15) is 5.10 Å². The van der Waals surface area contributed by atoms with Crippen molar-refractivity contribution < 1.29 is 13.9 Å². The van der Waals surface area contributed by atoms with Crippen molar-refractivity contribution >= 4 is 38.9 Å². The SMILES string of the molecule is Cc1c(-c2cnc3[nH]ncc3c2)ccc2c3oc(CNC(=O)C4(N)CCOC4)nc3c(=O)n(C3CC3)c12. The van der Waals surface area contributed by atoms with Crippen molar-refractivity contribution in [3.63, 3.8) is 0 Å². The third-order valence-electron chi connectivity index (χ3n) is 7.43. The molecule has 1 saturated carbocycles. The number of amides is 1. The van der Waals surface area contributed by atoms with Crippen LogP contribution in [-0.4, -0.2) is 49.4 Å². The van der Waals surface area contributed by atoms with Gasteiger partial charge in [0.2, 0.25) is 11.8 Å². The number of benzene rings is 1. The summed E-state index contributed by atoms with van der Waals surface area (Å²) in [4.78, 5) is 35.2. The highest BCUT2D eigenvalue weighted by Gasteiger charge is 2.38. The van der Waals surface area contributed by atoms with Crippen LogP contribution in [0.1, 0.15) is 36.8 Å². The van der Waals surface area contributed by atoms with Crippen LogP contribution >= 0.6 is 0 Å². The van der Waals surface area contributed by atoms with E-state index in [1.165, 1.54) is 0 Å². The van der Waals surface area contributed by atoms with Crippen molar-refractivity contribution in [1.29, 1.82) is 0 Å². The smallest absolute Gasteiger partial charge is 0.281 e. The van der Waals surface area contributed by atoms with Gasteiger partial charge in [-0.05, 0) is 49.4 Å². The van der Waals surface area contributed by atoms with Gasteiger partial charge in [0, 0.05) is 35.2 Å². The van der Waals surface area contributed by atoms with Crippen LogP contribution in [0.4, 0.5) is 0 Å². The van der Waals surface area contributed by atoms with E-state index in [0.29, 0.717) is 18.6 Å². The van der Waals surface area contributed by atoms with E-state index in [9.17, 15) is 9.59 Å². The van der Waals surface area contributed by atoms with Crippen LogP contribution in [0.25, 0.3) is 44.2 Å². The summed E-state index contributed by atoms with van der Waals surface area (Å²) in [5.41, 5.74) is 10.0. The molecular formula is C26H25N7O4. The summed E-state index contributed by atoms with van der Waals surface area (Å²) in [6.45, 7) is 2.67. The van der Waals surface area contributed by atoms with Gasteiger partial charge in [0.1, 0.15) is 5.54 Å². The van der Waals surface area contributed by atoms with Gasteiger partial charge in [0.05, 0.1) is 24.9 Å². The molecule has 0 bridgehead atoms. The fourth-order valence-corrected chi connectivity index (χ4v) is 5.25. The number of nitrogens with zero attached hydrogens (tertiary/aromatic N) is 4. The Bertz CT molecular complexity index is 1770. The first kappa shape index (κ1) is 22.1.